The van der Waals surface area contributed by atoms with Crippen molar-refractivity contribution in [2.24, 2.45) is 5.14 Å². The molecule has 10 heteroatoms. The molecule has 0 fully saturated rings. The zero-order valence-electron chi connectivity index (χ0n) is 13.2. The Labute approximate surface area is 148 Å². The summed E-state index contributed by atoms with van der Waals surface area (Å²) < 4.78 is 37.6. The van der Waals surface area contributed by atoms with Crippen LogP contribution in [-0.2, 0) is 26.1 Å². The Hall–Kier alpha value is -2.36. The molecular weight excluding hydrogens is 374 g/mol. The second-order valence-corrected chi connectivity index (χ2v) is 6.91. The van der Waals surface area contributed by atoms with Crippen molar-refractivity contribution in [1.29, 1.82) is 0 Å². The van der Waals surface area contributed by atoms with Crippen molar-refractivity contribution in [1.82, 2.24) is 0 Å². The Bertz CT molecular complexity index is 933. The van der Waals surface area contributed by atoms with E-state index in [2.05, 4.69) is 4.74 Å². The van der Waals surface area contributed by atoms with E-state index in [1.54, 1.807) is 6.92 Å². The Morgan fingerprint density at radius 3 is 2.48 bits per heavy atom. The van der Waals surface area contributed by atoms with Crippen molar-refractivity contribution in [3.8, 4) is 0 Å². The summed E-state index contributed by atoms with van der Waals surface area (Å²) in [6, 6.07) is 4.81. The molecule has 0 saturated carbocycles. The summed E-state index contributed by atoms with van der Waals surface area (Å²) in [5.41, 5.74) is 0.0486. The van der Waals surface area contributed by atoms with E-state index in [4.69, 9.17) is 25.9 Å². The van der Waals surface area contributed by atoms with E-state index in [1.807, 2.05) is 0 Å². The van der Waals surface area contributed by atoms with Gasteiger partial charge in [0.15, 0.2) is 0 Å². The lowest BCUT2D eigenvalue weighted by Gasteiger charge is -2.06. The number of carbonyl (C=O) groups is 2. The number of aryl methyl sites for hydroxylation is 1. The number of carbonyl (C=O) groups excluding carboxylic acids is 2. The quantitative estimate of drug-likeness (QED) is 0.777. The highest BCUT2D eigenvalue weighted by Crippen LogP contribution is 2.22. The molecule has 0 radical (unpaired) electrons. The van der Waals surface area contributed by atoms with E-state index < -0.39 is 22.0 Å². The molecule has 0 aliphatic carbocycles. The summed E-state index contributed by atoms with van der Waals surface area (Å²) in [5, 5.41) is 5.02. The first-order valence-electron chi connectivity index (χ1n) is 6.80. The maximum atomic E-state index is 12.1. The monoisotopic (exact) mass is 387 g/mol. The number of primary sulfonamides is 1. The summed E-state index contributed by atoms with van der Waals surface area (Å²) in [5.74, 6) is -0.927. The summed E-state index contributed by atoms with van der Waals surface area (Å²) in [4.78, 5) is 23.4. The molecule has 0 aliphatic heterocycles. The van der Waals surface area contributed by atoms with E-state index in [0.29, 0.717) is 5.76 Å². The number of hydrogen-bond donors (Lipinski definition) is 1. The van der Waals surface area contributed by atoms with Crippen LogP contribution in [-0.4, -0.2) is 27.5 Å². The molecule has 134 valence electrons. The predicted molar refractivity (Wildman–Crippen MR) is 86.7 cm³/mol. The minimum absolute atomic E-state index is 0.00303. The van der Waals surface area contributed by atoms with Gasteiger partial charge < -0.3 is 13.9 Å². The van der Waals surface area contributed by atoms with Gasteiger partial charge >= 0.3 is 11.9 Å². The minimum Gasteiger partial charge on any atom is -0.465 e. The maximum absolute atomic E-state index is 12.1. The normalized spacial score (nSPS) is 11.2. The van der Waals surface area contributed by atoms with Crippen LogP contribution >= 0.6 is 11.6 Å². The van der Waals surface area contributed by atoms with Crippen molar-refractivity contribution in [3.05, 3.63) is 51.9 Å². The summed E-state index contributed by atoms with van der Waals surface area (Å²) in [7, 11) is -2.76. The van der Waals surface area contributed by atoms with Crippen LogP contribution < -0.4 is 5.14 Å². The first-order chi connectivity index (χ1) is 11.6. The van der Waals surface area contributed by atoms with Crippen molar-refractivity contribution in [3.63, 3.8) is 0 Å². The minimum atomic E-state index is -3.99. The van der Waals surface area contributed by atoms with E-state index in [0.717, 1.165) is 6.07 Å². The maximum Gasteiger partial charge on any atom is 0.341 e. The molecule has 0 spiro atoms. The van der Waals surface area contributed by atoms with Crippen LogP contribution in [0.1, 0.15) is 32.2 Å². The lowest BCUT2D eigenvalue weighted by Crippen LogP contribution is -2.14. The van der Waals surface area contributed by atoms with Gasteiger partial charge in [-0.3, -0.25) is 0 Å². The average molecular weight is 388 g/mol. The number of halogens is 1. The third kappa shape index (κ3) is 4.38. The van der Waals surface area contributed by atoms with E-state index in [1.165, 1.54) is 25.3 Å². The lowest BCUT2D eigenvalue weighted by atomic mass is 10.2. The van der Waals surface area contributed by atoms with Gasteiger partial charge in [-0.05, 0) is 31.2 Å². The van der Waals surface area contributed by atoms with E-state index in [9.17, 15) is 18.0 Å². The van der Waals surface area contributed by atoms with E-state index in [-0.39, 0.29) is 33.4 Å². The highest BCUT2D eigenvalue weighted by atomic mass is 35.5. The number of ether oxygens (including phenoxy) is 2. The van der Waals surface area contributed by atoms with Crippen molar-refractivity contribution >= 4 is 33.6 Å². The molecule has 0 atom stereocenters. The van der Waals surface area contributed by atoms with Crippen molar-refractivity contribution in [2.45, 2.75) is 18.4 Å². The molecule has 0 saturated heterocycles. The number of furan rings is 1. The zero-order valence-corrected chi connectivity index (χ0v) is 14.8. The van der Waals surface area contributed by atoms with Crippen LogP contribution in [0, 0.1) is 6.92 Å². The van der Waals surface area contributed by atoms with Crippen molar-refractivity contribution < 1.29 is 31.9 Å². The van der Waals surface area contributed by atoms with Gasteiger partial charge in [-0.15, -0.1) is 0 Å². The Kier molecular flexibility index (Phi) is 5.51. The predicted octanol–water partition coefficient (Wildman–Crippen LogP) is 2.03. The summed E-state index contributed by atoms with van der Waals surface area (Å²) in [6.07, 6.45) is 0. The smallest absolute Gasteiger partial charge is 0.341 e. The van der Waals surface area contributed by atoms with Crippen LogP contribution in [0.2, 0.25) is 5.02 Å². The number of sulfonamides is 1. The van der Waals surface area contributed by atoms with Crippen LogP contribution in [0.3, 0.4) is 0 Å². The molecule has 0 aliphatic rings. The average Bonchev–Trinajstić information content (AvgIpc) is 2.92. The Balaban J connectivity index is 2.17. The highest BCUT2D eigenvalue weighted by molar-refractivity contribution is 7.89. The van der Waals surface area contributed by atoms with Crippen LogP contribution in [0.25, 0.3) is 0 Å². The van der Waals surface area contributed by atoms with Crippen LogP contribution in [0.15, 0.2) is 33.6 Å². The fourth-order valence-corrected chi connectivity index (χ4v) is 2.71. The number of rotatable bonds is 5. The standard InChI is InChI=1S/C15H14ClNO7S/c1-8-11(14(18)22-2)5-9(24-8)7-23-15(19)12-6-10(25(17,20)21)3-4-13(12)16/h3-6H,7H2,1-2H3,(H2,17,20,21). The molecule has 25 heavy (non-hydrogen) atoms. The zero-order chi connectivity index (χ0) is 18.8. The van der Waals surface area contributed by atoms with Gasteiger partial charge in [0.2, 0.25) is 10.0 Å². The van der Waals surface area contributed by atoms with Crippen molar-refractivity contribution in [2.75, 3.05) is 7.11 Å². The molecule has 1 aromatic heterocycles. The first-order valence-corrected chi connectivity index (χ1v) is 8.73. The SMILES string of the molecule is COC(=O)c1cc(COC(=O)c2cc(S(N)(=O)=O)ccc2Cl)oc1C. The molecule has 2 aromatic rings. The van der Waals surface area contributed by atoms with Gasteiger partial charge in [-0.1, -0.05) is 11.6 Å². The molecular formula is C15H14ClNO7S. The van der Waals surface area contributed by atoms with Gasteiger partial charge in [0.05, 0.1) is 22.6 Å². The Morgan fingerprint density at radius 2 is 1.88 bits per heavy atom. The third-order valence-corrected chi connectivity index (χ3v) is 4.45. The molecule has 0 amide bonds. The Morgan fingerprint density at radius 1 is 1.20 bits per heavy atom. The largest absolute Gasteiger partial charge is 0.465 e. The molecule has 1 aromatic carbocycles. The second-order valence-electron chi connectivity index (χ2n) is 4.94. The fraction of sp³-hybridized carbons (Fsp3) is 0.200. The van der Waals surface area contributed by atoms with Gasteiger partial charge in [-0.2, -0.15) is 0 Å². The third-order valence-electron chi connectivity index (χ3n) is 3.21. The molecule has 2 rings (SSSR count). The highest BCUT2D eigenvalue weighted by Gasteiger charge is 2.19. The summed E-state index contributed by atoms with van der Waals surface area (Å²) >= 11 is 5.89. The number of methoxy groups -OCH3 is 1. The molecule has 0 unspecified atom stereocenters. The van der Waals surface area contributed by atoms with Crippen LogP contribution in [0.5, 0.6) is 0 Å². The molecule has 8 nitrogen and oxygen atoms in total. The first kappa shape index (κ1) is 19.0. The van der Waals surface area contributed by atoms with Gasteiger partial charge in [0.1, 0.15) is 23.7 Å². The number of hydrogen-bond acceptors (Lipinski definition) is 7. The number of esters is 2. The van der Waals surface area contributed by atoms with Gasteiger partial charge in [0, 0.05) is 0 Å². The topological polar surface area (TPSA) is 126 Å². The van der Waals surface area contributed by atoms with Gasteiger partial charge in [-0.25, -0.2) is 23.1 Å². The van der Waals surface area contributed by atoms with Crippen LogP contribution in [0.4, 0.5) is 0 Å². The van der Waals surface area contributed by atoms with E-state index >= 15 is 0 Å². The fourth-order valence-electron chi connectivity index (χ4n) is 1.98. The lowest BCUT2D eigenvalue weighted by molar-refractivity contribution is 0.0443. The number of nitrogens with two attached hydrogens (primary N) is 1. The molecule has 2 N–H and O–H groups in total. The second kappa shape index (κ2) is 7.26. The summed E-state index contributed by atoms with van der Waals surface area (Å²) in [6.45, 7) is 1.27. The molecule has 1 heterocycles. The van der Waals surface area contributed by atoms with Gasteiger partial charge in [0.25, 0.3) is 0 Å². The number of benzene rings is 1. The molecule has 0 bridgehead atoms.